The molecule has 1 atom stereocenters. The fraction of sp³-hybridized carbons (Fsp3) is 0.316. The summed E-state index contributed by atoms with van der Waals surface area (Å²) < 4.78 is 1.47. The number of carbonyl (C=O) groups excluding carboxylic acids is 1. The van der Waals surface area contributed by atoms with Crippen molar-refractivity contribution in [3.63, 3.8) is 0 Å². The summed E-state index contributed by atoms with van der Waals surface area (Å²) in [7, 11) is 0. The van der Waals surface area contributed by atoms with Gasteiger partial charge >= 0.3 is 0 Å². The maximum atomic E-state index is 12.8. The Morgan fingerprint density at radius 2 is 2.19 bits per heavy atom. The molecule has 0 unspecified atom stereocenters. The molecule has 0 radical (unpaired) electrons. The van der Waals surface area contributed by atoms with Gasteiger partial charge in [-0.3, -0.25) is 4.79 Å². The van der Waals surface area contributed by atoms with Crippen molar-refractivity contribution in [2.24, 2.45) is 0 Å². The topological polar surface area (TPSA) is 99.2 Å². The normalized spacial score (nSPS) is 16.9. The van der Waals surface area contributed by atoms with Crippen LogP contribution in [0.5, 0.6) is 0 Å². The molecular weight excluding hydrogens is 342 g/mol. The molecule has 1 fully saturated rings. The molecule has 3 heterocycles. The molecule has 0 bridgehead atoms. The number of nitrogens with one attached hydrogen (secondary N) is 1. The van der Waals surface area contributed by atoms with Crippen molar-refractivity contribution in [1.29, 1.82) is 5.26 Å². The first kappa shape index (κ1) is 17.0. The molecule has 1 aliphatic heterocycles. The third kappa shape index (κ3) is 3.31. The van der Waals surface area contributed by atoms with Crippen molar-refractivity contribution in [3.8, 4) is 6.07 Å². The zero-order chi connectivity index (χ0) is 18.8. The van der Waals surface area contributed by atoms with Gasteiger partial charge in [0.05, 0.1) is 11.3 Å². The van der Waals surface area contributed by atoms with E-state index >= 15 is 0 Å². The van der Waals surface area contributed by atoms with Gasteiger partial charge < -0.3 is 10.2 Å². The summed E-state index contributed by atoms with van der Waals surface area (Å²) in [6.07, 6.45) is 3.40. The second-order valence-corrected chi connectivity index (χ2v) is 6.59. The number of hydrogen-bond acceptors (Lipinski definition) is 6. The second kappa shape index (κ2) is 7.03. The van der Waals surface area contributed by atoms with Gasteiger partial charge in [-0.15, -0.1) is 5.10 Å². The Bertz CT molecular complexity index is 1040. The number of aryl methyl sites for hydroxylation is 1. The standard InChI is InChI=1S/C19H19N7O/c1-13-22-19-21-9-8-17(26(19)24-13)18(27)23-15-6-4-10-25(12-15)16-7-3-2-5-14(16)11-20/h2-3,5,7-9,15H,4,6,10,12H2,1H3,(H,23,27)/t15-/m0/s1. The van der Waals surface area contributed by atoms with Crippen LogP contribution in [0.3, 0.4) is 0 Å². The van der Waals surface area contributed by atoms with Gasteiger partial charge in [-0.2, -0.15) is 14.8 Å². The van der Waals surface area contributed by atoms with Crippen LogP contribution >= 0.6 is 0 Å². The molecule has 1 saturated heterocycles. The van der Waals surface area contributed by atoms with Crippen molar-refractivity contribution in [3.05, 3.63) is 53.6 Å². The minimum Gasteiger partial charge on any atom is -0.368 e. The van der Waals surface area contributed by atoms with Gasteiger partial charge in [0.15, 0.2) is 0 Å². The number of piperidine rings is 1. The van der Waals surface area contributed by atoms with E-state index in [2.05, 4.69) is 31.4 Å². The average molecular weight is 361 g/mol. The van der Waals surface area contributed by atoms with E-state index in [1.165, 1.54) is 4.52 Å². The molecule has 2 aromatic heterocycles. The van der Waals surface area contributed by atoms with Gasteiger partial charge in [0, 0.05) is 25.3 Å². The highest BCUT2D eigenvalue weighted by Gasteiger charge is 2.24. The lowest BCUT2D eigenvalue weighted by Crippen LogP contribution is -2.48. The predicted molar refractivity (Wildman–Crippen MR) is 99.4 cm³/mol. The van der Waals surface area contributed by atoms with Crippen LogP contribution < -0.4 is 10.2 Å². The quantitative estimate of drug-likeness (QED) is 0.762. The SMILES string of the molecule is Cc1nc2nccc(C(=O)N[C@H]3CCCN(c4ccccc4C#N)C3)n2n1. The number of amides is 1. The van der Waals surface area contributed by atoms with Crippen molar-refractivity contribution in [1.82, 2.24) is 24.9 Å². The van der Waals surface area contributed by atoms with Crippen molar-refractivity contribution < 1.29 is 4.79 Å². The third-order valence-electron chi connectivity index (χ3n) is 4.70. The summed E-state index contributed by atoms with van der Waals surface area (Å²) in [5.74, 6) is 0.779. The maximum absolute atomic E-state index is 12.8. The first-order chi connectivity index (χ1) is 13.2. The highest BCUT2D eigenvalue weighted by atomic mass is 16.2. The highest BCUT2D eigenvalue weighted by molar-refractivity contribution is 5.93. The lowest BCUT2D eigenvalue weighted by Gasteiger charge is -2.35. The number of hydrogen-bond donors (Lipinski definition) is 1. The molecule has 0 spiro atoms. The zero-order valence-corrected chi connectivity index (χ0v) is 15.0. The molecule has 4 rings (SSSR count). The Kier molecular flexibility index (Phi) is 4.42. The largest absolute Gasteiger partial charge is 0.368 e. The summed E-state index contributed by atoms with van der Waals surface area (Å²) in [4.78, 5) is 23.3. The predicted octanol–water partition coefficient (Wildman–Crippen LogP) is 1.70. The molecule has 0 saturated carbocycles. The minimum atomic E-state index is -0.201. The number of aromatic nitrogens is 4. The molecule has 1 aliphatic rings. The number of benzene rings is 1. The minimum absolute atomic E-state index is 0.00849. The van der Waals surface area contributed by atoms with E-state index in [1.54, 1.807) is 19.2 Å². The molecule has 1 amide bonds. The smallest absolute Gasteiger partial charge is 0.270 e. The van der Waals surface area contributed by atoms with Crippen LogP contribution in [0, 0.1) is 18.3 Å². The number of carbonyl (C=O) groups is 1. The first-order valence-electron chi connectivity index (χ1n) is 8.89. The fourth-order valence-electron chi connectivity index (χ4n) is 3.48. The van der Waals surface area contributed by atoms with Crippen molar-refractivity contribution in [2.75, 3.05) is 18.0 Å². The summed E-state index contributed by atoms with van der Waals surface area (Å²) in [5.41, 5.74) is 1.98. The number of anilines is 1. The molecule has 8 heteroatoms. The number of para-hydroxylation sites is 1. The van der Waals surface area contributed by atoms with Crippen molar-refractivity contribution in [2.45, 2.75) is 25.8 Å². The van der Waals surface area contributed by atoms with Crippen LogP contribution in [-0.4, -0.2) is 44.6 Å². The number of nitriles is 1. The fourth-order valence-corrected chi connectivity index (χ4v) is 3.48. The van der Waals surface area contributed by atoms with Crippen LogP contribution in [0.25, 0.3) is 5.78 Å². The molecule has 27 heavy (non-hydrogen) atoms. The molecule has 3 aromatic rings. The van der Waals surface area contributed by atoms with Gasteiger partial charge in [-0.05, 0) is 38.0 Å². The van der Waals surface area contributed by atoms with E-state index in [9.17, 15) is 10.1 Å². The van der Waals surface area contributed by atoms with E-state index in [1.807, 2.05) is 24.3 Å². The van der Waals surface area contributed by atoms with Crippen LogP contribution in [-0.2, 0) is 0 Å². The van der Waals surface area contributed by atoms with Crippen LogP contribution in [0.4, 0.5) is 5.69 Å². The van der Waals surface area contributed by atoms with Crippen LogP contribution in [0.15, 0.2) is 36.5 Å². The van der Waals surface area contributed by atoms with E-state index in [-0.39, 0.29) is 11.9 Å². The lowest BCUT2D eigenvalue weighted by molar-refractivity contribution is 0.0925. The third-order valence-corrected chi connectivity index (χ3v) is 4.70. The molecule has 1 aromatic carbocycles. The summed E-state index contributed by atoms with van der Waals surface area (Å²) in [6, 6.07) is 11.4. The Balaban J connectivity index is 1.52. The van der Waals surface area contributed by atoms with E-state index in [4.69, 9.17) is 0 Å². The zero-order valence-electron chi connectivity index (χ0n) is 15.0. The monoisotopic (exact) mass is 361 g/mol. The molecule has 8 nitrogen and oxygen atoms in total. The van der Waals surface area contributed by atoms with Crippen molar-refractivity contribution >= 4 is 17.4 Å². The van der Waals surface area contributed by atoms with Crippen LogP contribution in [0.2, 0.25) is 0 Å². The lowest BCUT2D eigenvalue weighted by atomic mass is 10.0. The molecule has 0 aliphatic carbocycles. The summed E-state index contributed by atoms with van der Waals surface area (Å²) in [5, 5.41) is 16.7. The number of nitrogens with zero attached hydrogens (tertiary/aromatic N) is 6. The number of rotatable bonds is 3. The maximum Gasteiger partial charge on any atom is 0.270 e. The van der Waals surface area contributed by atoms with Crippen LogP contribution in [0.1, 0.15) is 34.7 Å². The molecule has 1 N–H and O–H groups in total. The second-order valence-electron chi connectivity index (χ2n) is 6.59. The molecule has 136 valence electrons. The first-order valence-corrected chi connectivity index (χ1v) is 8.89. The molecular formula is C19H19N7O. The Labute approximate surface area is 156 Å². The Morgan fingerprint density at radius 3 is 3.04 bits per heavy atom. The number of fused-ring (bicyclic) bond motifs is 1. The average Bonchev–Trinajstić information content (AvgIpc) is 3.08. The van der Waals surface area contributed by atoms with Gasteiger partial charge in [0.1, 0.15) is 17.6 Å². The summed E-state index contributed by atoms with van der Waals surface area (Å²) >= 11 is 0. The van der Waals surface area contributed by atoms with Gasteiger partial charge in [-0.25, -0.2) is 4.98 Å². The van der Waals surface area contributed by atoms with Gasteiger partial charge in [0.25, 0.3) is 11.7 Å². The highest BCUT2D eigenvalue weighted by Crippen LogP contribution is 2.23. The van der Waals surface area contributed by atoms with E-state index < -0.39 is 0 Å². The van der Waals surface area contributed by atoms with E-state index in [0.717, 1.165) is 25.1 Å². The van der Waals surface area contributed by atoms with E-state index in [0.29, 0.717) is 29.4 Å². The Morgan fingerprint density at radius 1 is 1.33 bits per heavy atom. The van der Waals surface area contributed by atoms with Gasteiger partial charge in [0.2, 0.25) is 0 Å². The van der Waals surface area contributed by atoms with Gasteiger partial charge in [-0.1, -0.05) is 12.1 Å². The Hall–Kier alpha value is -3.47. The summed E-state index contributed by atoms with van der Waals surface area (Å²) in [6.45, 7) is 3.30.